The number of piperidine rings is 1. The first-order valence-electron chi connectivity index (χ1n) is 12.2. The van der Waals surface area contributed by atoms with E-state index in [-0.39, 0.29) is 35.0 Å². The Morgan fingerprint density at radius 2 is 1.63 bits per heavy atom. The van der Waals surface area contributed by atoms with Crippen molar-refractivity contribution in [1.29, 1.82) is 0 Å². The number of benzene rings is 2. The van der Waals surface area contributed by atoms with Gasteiger partial charge in [0, 0.05) is 30.3 Å². The number of hydrazine groups is 1. The van der Waals surface area contributed by atoms with Crippen LogP contribution in [0.3, 0.4) is 0 Å². The predicted octanol–water partition coefficient (Wildman–Crippen LogP) is 3.40. The lowest BCUT2D eigenvalue weighted by atomic mass is 9.68. The second-order valence-corrected chi connectivity index (χ2v) is 9.92. The van der Waals surface area contributed by atoms with Gasteiger partial charge in [0.2, 0.25) is 5.91 Å². The van der Waals surface area contributed by atoms with E-state index in [4.69, 9.17) is 0 Å². The summed E-state index contributed by atoms with van der Waals surface area (Å²) in [5.41, 5.74) is 0.672. The number of nitro groups is 1. The molecule has 4 fully saturated rings. The molecule has 4 aliphatic rings. The summed E-state index contributed by atoms with van der Waals surface area (Å²) in [5, 5.41) is 14.6. The molecular weight excluding hydrogens is 448 g/mol. The van der Waals surface area contributed by atoms with Gasteiger partial charge in [-0.1, -0.05) is 37.5 Å². The molecule has 2 aromatic carbocycles. The third-order valence-electron chi connectivity index (χ3n) is 8.25. The standard InChI is InChI=1S/C26H26N4O5/c31-24(17-10-12-19(13-11-17)30(34)35)29-23-21(22-20-9-5-4-6-16(20)14-15-27(22)29)25(32)28(26(23)33)18-7-2-1-3-8-18/h1-3,7-8,10-13,16,20-23H,4-6,9,14-15H2/t16?,20?,21-,22-,23+/m0/s1. The predicted molar refractivity (Wildman–Crippen MR) is 126 cm³/mol. The van der Waals surface area contributed by atoms with Crippen molar-refractivity contribution < 1.29 is 19.3 Å². The molecule has 6 rings (SSSR count). The second kappa shape index (κ2) is 8.27. The van der Waals surface area contributed by atoms with Gasteiger partial charge in [0.15, 0.2) is 0 Å². The van der Waals surface area contributed by atoms with Crippen molar-refractivity contribution in [3.8, 4) is 0 Å². The van der Waals surface area contributed by atoms with E-state index >= 15 is 0 Å². The molecule has 1 saturated carbocycles. The highest BCUT2D eigenvalue weighted by molar-refractivity contribution is 6.25. The highest BCUT2D eigenvalue weighted by atomic mass is 16.6. The first-order chi connectivity index (χ1) is 17.0. The maximum absolute atomic E-state index is 13.8. The summed E-state index contributed by atoms with van der Waals surface area (Å²) in [7, 11) is 0. The highest BCUT2D eigenvalue weighted by Crippen LogP contribution is 2.51. The van der Waals surface area contributed by atoms with Crippen LogP contribution in [0.5, 0.6) is 0 Å². The number of carbonyl (C=O) groups is 3. The number of nitro benzene ring substituents is 1. The molecule has 5 atom stereocenters. The number of hydrogen-bond acceptors (Lipinski definition) is 6. The Labute approximate surface area is 202 Å². The molecule has 9 heteroatoms. The van der Waals surface area contributed by atoms with Crippen LogP contribution in [-0.2, 0) is 9.59 Å². The number of amides is 3. The smallest absolute Gasteiger partial charge is 0.269 e. The summed E-state index contributed by atoms with van der Waals surface area (Å²) < 4.78 is 0. The van der Waals surface area contributed by atoms with Gasteiger partial charge in [0.05, 0.1) is 16.5 Å². The summed E-state index contributed by atoms with van der Waals surface area (Å²) in [4.78, 5) is 53.2. The molecule has 3 heterocycles. The lowest BCUT2D eigenvalue weighted by molar-refractivity contribution is -0.384. The lowest BCUT2D eigenvalue weighted by Crippen LogP contribution is -2.57. The molecule has 0 radical (unpaired) electrons. The molecule has 180 valence electrons. The van der Waals surface area contributed by atoms with E-state index in [0.29, 0.717) is 18.2 Å². The Morgan fingerprint density at radius 1 is 0.914 bits per heavy atom. The lowest BCUT2D eigenvalue weighted by Gasteiger charge is -2.47. The Hall–Kier alpha value is -3.59. The molecule has 3 amide bonds. The van der Waals surface area contributed by atoms with Crippen LogP contribution in [0.15, 0.2) is 54.6 Å². The van der Waals surface area contributed by atoms with Crippen LogP contribution >= 0.6 is 0 Å². The van der Waals surface area contributed by atoms with Crippen molar-refractivity contribution in [1.82, 2.24) is 10.0 Å². The molecule has 1 aliphatic carbocycles. The minimum atomic E-state index is -0.906. The van der Waals surface area contributed by atoms with Crippen LogP contribution in [0.2, 0.25) is 0 Å². The number of non-ortho nitro benzene ring substituents is 1. The van der Waals surface area contributed by atoms with Crippen molar-refractivity contribution >= 4 is 29.1 Å². The summed E-state index contributed by atoms with van der Waals surface area (Å²) in [6, 6.07) is 13.2. The maximum Gasteiger partial charge on any atom is 0.269 e. The van der Waals surface area contributed by atoms with Crippen molar-refractivity contribution in [3.05, 3.63) is 70.3 Å². The fourth-order valence-corrected chi connectivity index (χ4v) is 6.78. The van der Waals surface area contributed by atoms with Crippen molar-refractivity contribution in [2.45, 2.75) is 44.2 Å². The number of hydrogen-bond donors (Lipinski definition) is 0. The van der Waals surface area contributed by atoms with E-state index in [1.807, 2.05) is 11.1 Å². The molecule has 3 saturated heterocycles. The molecule has 9 nitrogen and oxygen atoms in total. The zero-order valence-electron chi connectivity index (χ0n) is 19.2. The largest absolute Gasteiger partial charge is 0.274 e. The van der Waals surface area contributed by atoms with Crippen molar-refractivity contribution in [3.63, 3.8) is 0 Å². The van der Waals surface area contributed by atoms with Gasteiger partial charge in [0.1, 0.15) is 6.04 Å². The molecule has 2 unspecified atom stereocenters. The number of rotatable bonds is 3. The SMILES string of the molecule is O=C1[C@H]2[C@@H]3C4CCCCC4CCN3N(C(=O)c3ccc([N+](=O)[O-])cc3)[C@H]2C(=O)N1c1ccccc1. The van der Waals surface area contributed by atoms with Gasteiger partial charge in [-0.05, 0) is 48.9 Å². The molecule has 0 spiro atoms. The monoisotopic (exact) mass is 474 g/mol. The van der Waals surface area contributed by atoms with E-state index in [1.165, 1.54) is 40.6 Å². The van der Waals surface area contributed by atoms with Crippen LogP contribution < -0.4 is 4.90 Å². The summed E-state index contributed by atoms with van der Waals surface area (Å²) in [6.07, 6.45) is 5.30. The van der Waals surface area contributed by atoms with E-state index in [2.05, 4.69) is 0 Å². The topological polar surface area (TPSA) is 104 Å². The molecule has 0 bridgehead atoms. The van der Waals surface area contributed by atoms with Gasteiger partial charge in [-0.3, -0.25) is 29.5 Å². The van der Waals surface area contributed by atoms with E-state index in [9.17, 15) is 24.5 Å². The molecular formula is C26H26N4O5. The molecule has 2 aromatic rings. The van der Waals surface area contributed by atoms with Crippen LogP contribution in [0.25, 0.3) is 0 Å². The second-order valence-electron chi connectivity index (χ2n) is 9.92. The Bertz CT molecular complexity index is 1200. The van der Waals surface area contributed by atoms with Crippen LogP contribution in [0.1, 0.15) is 42.5 Å². The summed E-state index contributed by atoms with van der Waals surface area (Å²) in [6.45, 7) is 0.615. The first-order valence-corrected chi connectivity index (χ1v) is 12.2. The fraction of sp³-hybridized carbons (Fsp3) is 0.423. The number of fused-ring (bicyclic) bond motifs is 5. The third-order valence-corrected chi connectivity index (χ3v) is 8.25. The average molecular weight is 475 g/mol. The minimum absolute atomic E-state index is 0.107. The fourth-order valence-electron chi connectivity index (χ4n) is 6.78. The van der Waals surface area contributed by atoms with E-state index < -0.39 is 22.8 Å². The van der Waals surface area contributed by atoms with Crippen LogP contribution in [0.4, 0.5) is 11.4 Å². The molecule has 0 aromatic heterocycles. The van der Waals surface area contributed by atoms with E-state index in [1.54, 1.807) is 24.3 Å². The van der Waals surface area contributed by atoms with Gasteiger partial charge >= 0.3 is 0 Å². The van der Waals surface area contributed by atoms with Crippen LogP contribution in [0, 0.1) is 27.9 Å². The van der Waals surface area contributed by atoms with E-state index in [0.717, 1.165) is 25.7 Å². The summed E-state index contributed by atoms with van der Waals surface area (Å²) >= 11 is 0. The molecule has 3 aliphatic heterocycles. The zero-order valence-corrected chi connectivity index (χ0v) is 19.2. The normalized spacial score (nSPS) is 30.1. The van der Waals surface area contributed by atoms with Gasteiger partial charge in [-0.15, -0.1) is 0 Å². The van der Waals surface area contributed by atoms with Gasteiger partial charge < -0.3 is 0 Å². The van der Waals surface area contributed by atoms with Crippen LogP contribution in [-0.4, -0.2) is 51.3 Å². The average Bonchev–Trinajstić information content (AvgIpc) is 3.36. The van der Waals surface area contributed by atoms with Crippen molar-refractivity contribution in [2.24, 2.45) is 17.8 Å². The Balaban J connectivity index is 1.42. The van der Waals surface area contributed by atoms with Gasteiger partial charge in [-0.2, -0.15) is 0 Å². The number of nitrogens with zero attached hydrogens (tertiary/aromatic N) is 4. The number of anilines is 1. The van der Waals surface area contributed by atoms with Crippen molar-refractivity contribution in [2.75, 3.05) is 11.4 Å². The summed E-state index contributed by atoms with van der Waals surface area (Å²) in [5.74, 6) is -0.895. The Morgan fingerprint density at radius 3 is 2.34 bits per heavy atom. The number of para-hydroxylation sites is 1. The molecule has 0 N–H and O–H groups in total. The highest BCUT2D eigenvalue weighted by Gasteiger charge is 2.66. The first kappa shape index (κ1) is 21.9. The minimum Gasteiger partial charge on any atom is -0.274 e. The Kier molecular flexibility index (Phi) is 5.17. The zero-order chi connectivity index (χ0) is 24.3. The van der Waals surface area contributed by atoms with Gasteiger partial charge in [0.25, 0.3) is 17.5 Å². The number of imide groups is 1. The third kappa shape index (κ3) is 3.29. The van der Waals surface area contributed by atoms with Gasteiger partial charge in [-0.25, -0.2) is 9.91 Å². The molecule has 35 heavy (non-hydrogen) atoms. The maximum atomic E-state index is 13.8. The number of carbonyl (C=O) groups excluding carboxylic acids is 3. The quantitative estimate of drug-likeness (QED) is 0.384.